The van der Waals surface area contributed by atoms with E-state index in [0.717, 1.165) is 24.8 Å². The van der Waals surface area contributed by atoms with Gasteiger partial charge in [0, 0.05) is 24.6 Å². The first-order valence-electron chi connectivity index (χ1n) is 6.64. The number of carbonyl (C=O) groups excluding carboxylic acids is 2. The Labute approximate surface area is 118 Å². The Kier molecular flexibility index (Phi) is 5.02. The van der Waals surface area contributed by atoms with Crippen LogP contribution in [-0.4, -0.2) is 16.3 Å². The summed E-state index contributed by atoms with van der Waals surface area (Å²) in [5.41, 5.74) is 1.11. The van der Waals surface area contributed by atoms with Crippen LogP contribution >= 0.6 is 11.8 Å². The van der Waals surface area contributed by atoms with E-state index in [1.54, 1.807) is 6.92 Å². The molecule has 1 amide bonds. The van der Waals surface area contributed by atoms with E-state index in [9.17, 15) is 9.59 Å². The minimum absolute atomic E-state index is 0.0700. The van der Waals surface area contributed by atoms with E-state index in [1.807, 2.05) is 30.3 Å². The highest BCUT2D eigenvalue weighted by atomic mass is 32.2. The van der Waals surface area contributed by atoms with E-state index >= 15 is 0 Å². The van der Waals surface area contributed by atoms with Crippen molar-refractivity contribution >= 4 is 22.8 Å². The standard InChI is InChI=1S/C15H19NO2S/c1-11(17)19-14-8-7-13(9-14)15(18)16-10-12-5-3-2-4-6-12/h2-6,13-14H,7-10H2,1H3,(H,16,18). The average molecular weight is 277 g/mol. The zero-order valence-electron chi connectivity index (χ0n) is 11.1. The molecule has 2 rings (SSSR count). The van der Waals surface area contributed by atoms with Crippen molar-refractivity contribution in [3.63, 3.8) is 0 Å². The van der Waals surface area contributed by atoms with Gasteiger partial charge in [-0.05, 0) is 24.8 Å². The monoisotopic (exact) mass is 277 g/mol. The third kappa shape index (κ3) is 4.39. The van der Waals surface area contributed by atoms with Crippen molar-refractivity contribution in [1.82, 2.24) is 5.32 Å². The number of benzene rings is 1. The fourth-order valence-corrected chi connectivity index (χ4v) is 3.50. The summed E-state index contributed by atoms with van der Waals surface area (Å²) in [7, 11) is 0. The van der Waals surface area contributed by atoms with Gasteiger partial charge in [0.15, 0.2) is 5.12 Å². The molecule has 1 saturated carbocycles. The van der Waals surface area contributed by atoms with Crippen molar-refractivity contribution < 1.29 is 9.59 Å². The zero-order valence-corrected chi connectivity index (χ0v) is 11.9. The molecule has 1 aromatic rings. The smallest absolute Gasteiger partial charge is 0.223 e. The summed E-state index contributed by atoms with van der Waals surface area (Å²) >= 11 is 1.38. The SMILES string of the molecule is CC(=O)SC1CCC(C(=O)NCc2ccccc2)C1. The molecule has 1 N–H and O–H groups in total. The molecule has 1 aliphatic carbocycles. The number of carbonyl (C=O) groups is 2. The quantitative estimate of drug-likeness (QED) is 0.920. The summed E-state index contributed by atoms with van der Waals surface area (Å²) in [5.74, 6) is 0.191. The first-order chi connectivity index (χ1) is 9.15. The minimum atomic E-state index is 0.0700. The Morgan fingerprint density at radius 3 is 2.68 bits per heavy atom. The topological polar surface area (TPSA) is 46.2 Å². The fraction of sp³-hybridized carbons (Fsp3) is 0.467. The normalized spacial score (nSPS) is 22.2. The van der Waals surface area contributed by atoms with E-state index < -0.39 is 0 Å². The summed E-state index contributed by atoms with van der Waals surface area (Å²) in [6, 6.07) is 9.91. The molecule has 1 aromatic carbocycles. The van der Waals surface area contributed by atoms with Crippen LogP contribution in [0.5, 0.6) is 0 Å². The van der Waals surface area contributed by atoms with Gasteiger partial charge in [-0.1, -0.05) is 42.1 Å². The van der Waals surface area contributed by atoms with Crippen LogP contribution in [-0.2, 0) is 16.1 Å². The van der Waals surface area contributed by atoms with Gasteiger partial charge >= 0.3 is 0 Å². The third-order valence-electron chi connectivity index (χ3n) is 3.40. The van der Waals surface area contributed by atoms with Crippen LogP contribution in [0.15, 0.2) is 30.3 Å². The second-order valence-electron chi connectivity index (χ2n) is 4.94. The van der Waals surface area contributed by atoms with Gasteiger partial charge < -0.3 is 5.32 Å². The zero-order chi connectivity index (χ0) is 13.7. The molecule has 19 heavy (non-hydrogen) atoms. The molecular weight excluding hydrogens is 258 g/mol. The van der Waals surface area contributed by atoms with Gasteiger partial charge in [0.1, 0.15) is 0 Å². The lowest BCUT2D eigenvalue weighted by molar-refractivity contribution is -0.125. The van der Waals surface area contributed by atoms with E-state index in [0.29, 0.717) is 11.8 Å². The molecule has 1 aliphatic rings. The van der Waals surface area contributed by atoms with Crippen LogP contribution in [0.2, 0.25) is 0 Å². The number of hydrogen-bond donors (Lipinski definition) is 1. The number of rotatable bonds is 4. The maximum atomic E-state index is 12.0. The molecule has 102 valence electrons. The molecule has 0 bridgehead atoms. The van der Waals surface area contributed by atoms with Crippen LogP contribution in [0, 0.1) is 5.92 Å². The van der Waals surface area contributed by atoms with Gasteiger partial charge in [-0.3, -0.25) is 9.59 Å². The Bertz CT molecular complexity index is 447. The van der Waals surface area contributed by atoms with Gasteiger partial charge in [0.2, 0.25) is 5.91 Å². The number of hydrogen-bond acceptors (Lipinski definition) is 3. The van der Waals surface area contributed by atoms with Gasteiger partial charge in [-0.15, -0.1) is 0 Å². The maximum absolute atomic E-state index is 12.0. The molecule has 1 fully saturated rings. The Hall–Kier alpha value is -1.29. The first kappa shape index (κ1) is 14.1. The first-order valence-corrected chi connectivity index (χ1v) is 7.52. The van der Waals surface area contributed by atoms with Crippen molar-refractivity contribution in [2.24, 2.45) is 5.92 Å². The molecule has 3 nitrogen and oxygen atoms in total. The second kappa shape index (κ2) is 6.75. The van der Waals surface area contributed by atoms with Crippen LogP contribution in [0.3, 0.4) is 0 Å². The lowest BCUT2D eigenvalue weighted by atomic mass is 10.1. The van der Waals surface area contributed by atoms with Crippen LogP contribution in [0.25, 0.3) is 0 Å². The molecule has 0 spiro atoms. The largest absolute Gasteiger partial charge is 0.352 e. The highest BCUT2D eigenvalue weighted by molar-refractivity contribution is 8.14. The van der Waals surface area contributed by atoms with Crippen LogP contribution in [0.1, 0.15) is 31.7 Å². The molecule has 0 radical (unpaired) electrons. The van der Waals surface area contributed by atoms with Crippen molar-refractivity contribution in [1.29, 1.82) is 0 Å². The number of thioether (sulfide) groups is 1. The highest BCUT2D eigenvalue weighted by Crippen LogP contribution is 2.34. The Morgan fingerprint density at radius 1 is 1.26 bits per heavy atom. The predicted molar refractivity (Wildman–Crippen MR) is 77.7 cm³/mol. The van der Waals surface area contributed by atoms with E-state index in [2.05, 4.69) is 5.32 Å². The summed E-state index contributed by atoms with van der Waals surface area (Å²) in [6.07, 6.45) is 2.68. The van der Waals surface area contributed by atoms with Crippen molar-refractivity contribution in [2.45, 2.75) is 38.0 Å². The van der Waals surface area contributed by atoms with Gasteiger partial charge in [0.25, 0.3) is 0 Å². The predicted octanol–water partition coefficient (Wildman–Crippen LogP) is 2.75. The molecule has 4 heteroatoms. The molecule has 0 aliphatic heterocycles. The third-order valence-corrected chi connectivity index (χ3v) is 4.49. The van der Waals surface area contributed by atoms with Crippen LogP contribution < -0.4 is 5.32 Å². The minimum Gasteiger partial charge on any atom is -0.352 e. The van der Waals surface area contributed by atoms with E-state index in [-0.39, 0.29) is 16.9 Å². The lowest BCUT2D eigenvalue weighted by Gasteiger charge is -2.11. The van der Waals surface area contributed by atoms with E-state index in [4.69, 9.17) is 0 Å². The molecular formula is C15H19NO2S. The molecule has 2 atom stereocenters. The van der Waals surface area contributed by atoms with Crippen LogP contribution in [0.4, 0.5) is 0 Å². The van der Waals surface area contributed by atoms with Gasteiger partial charge in [-0.25, -0.2) is 0 Å². The molecule has 0 saturated heterocycles. The second-order valence-corrected chi connectivity index (χ2v) is 6.42. The number of amides is 1. The van der Waals surface area contributed by atoms with Crippen molar-refractivity contribution in [2.75, 3.05) is 0 Å². The van der Waals surface area contributed by atoms with Gasteiger partial charge in [0.05, 0.1) is 0 Å². The molecule has 0 aromatic heterocycles. The maximum Gasteiger partial charge on any atom is 0.223 e. The lowest BCUT2D eigenvalue weighted by Crippen LogP contribution is -2.29. The summed E-state index contributed by atoms with van der Waals surface area (Å²) in [4.78, 5) is 23.1. The highest BCUT2D eigenvalue weighted by Gasteiger charge is 2.30. The number of nitrogens with one attached hydrogen (secondary N) is 1. The summed E-state index contributed by atoms with van der Waals surface area (Å²) in [6.45, 7) is 2.17. The van der Waals surface area contributed by atoms with Gasteiger partial charge in [-0.2, -0.15) is 0 Å². The summed E-state index contributed by atoms with van der Waals surface area (Å²) in [5, 5.41) is 3.45. The molecule has 0 heterocycles. The average Bonchev–Trinajstić information content (AvgIpc) is 2.85. The van der Waals surface area contributed by atoms with E-state index in [1.165, 1.54) is 11.8 Å². The van der Waals surface area contributed by atoms with Crippen molar-refractivity contribution in [3.05, 3.63) is 35.9 Å². The van der Waals surface area contributed by atoms with Crippen molar-refractivity contribution in [3.8, 4) is 0 Å². The fourth-order valence-electron chi connectivity index (χ4n) is 2.45. The Morgan fingerprint density at radius 2 is 2.00 bits per heavy atom. The Balaban J connectivity index is 1.77. The molecule has 2 unspecified atom stereocenters. The summed E-state index contributed by atoms with van der Waals surface area (Å²) < 4.78 is 0.